The number of hydrogen-bond donors (Lipinski definition) is 1. The first-order chi connectivity index (χ1) is 17.6. The highest BCUT2D eigenvalue weighted by Crippen LogP contribution is 2.37. The number of hydrogen-bond acceptors (Lipinski definition) is 5. The van der Waals surface area contributed by atoms with Crippen LogP contribution in [0.5, 0.6) is 0 Å². The lowest BCUT2D eigenvalue weighted by molar-refractivity contribution is -0.141. The Balaban J connectivity index is 1.48. The maximum Gasteiger partial charge on any atom is 0.276 e. The molecule has 0 spiro atoms. The highest BCUT2D eigenvalue weighted by Gasteiger charge is 2.44. The molecule has 3 amide bonds. The molecule has 8 nitrogen and oxygen atoms in total. The second kappa shape index (κ2) is 12.0. The Hall–Kier alpha value is -2.38. The third-order valence-corrected chi connectivity index (χ3v) is 8.51. The summed E-state index contributed by atoms with van der Waals surface area (Å²) in [6.07, 6.45) is 6.19. The zero-order chi connectivity index (χ0) is 26.7. The molecule has 4 rings (SSSR count). The third-order valence-electron chi connectivity index (χ3n) is 8.51. The van der Waals surface area contributed by atoms with Crippen molar-refractivity contribution < 1.29 is 18.9 Å². The Labute approximate surface area is 221 Å². The summed E-state index contributed by atoms with van der Waals surface area (Å²) < 4.78 is 5.42. The van der Waals surface area contributed by atoms with Crippen molar-refractivity contribution in [2.45, 2.75) is 98.1 Å². The number of amides is 3. The molecule has 8 heteroatoms. The van der Waals surface area contributed by atoms with Gasteiger partial charge in [-0.25, -0.2) is 0 Å². The molecule has 0 saturated carbocycles. The van der Waals surface area contributed by atoms with Crippen LogP contribution in [-0.4, -0.2) is 64.4 Å². The minimum Gasteiger partial charge on any atom is -0.361 e. The fraction of sp³-hybridized carbons (Fsp3) is 0.793. The minimum atomic E-state index is -0.0781. The SMILES string of the molecule is CC(C)Cc1cc(C(=O)N2C[C@@H]3C[C@H](C2)[C@@H]2CCCC(=O)N[C@H](C(C)C)CC[C@@H](C)CC(=O)N2C3)no1. The summed E-state index contributed by atoms with van der Waals surface area (Å²) in [5.74, 6) is 2.58. The number of fused-ring (bicyclic) bond motifs is 4. The van der Waals surface area contributed by atoms with E-state index < -0.39 is 0 Å². The average Bonchev–Trinajstić information content (AvgIpc) is 3.29. The monoisotopic (exact) mass is 514 g/mol. The first-order valence-electron chi connectivity index (χ1n) is 14.4. The molecule has 3 aliphatic heterocycles. The molecular weight excluding hydrogens is 468 g/mol. The summed E-state index contributed by atoms with van der Waals surface area (Å²) >= 11 is 0. The molecule has 5 atom stereocenters. The average molecular weight is 515 g/mol. The Kier molecular flexibility index (Phi) is 8.96. The first kappa shape index (κ1) is 27.6. The molecule has 1 aromatic heterocycles. The summed E-state index contributed by atoms with van der Waals surface area (Å²) in [6, 6.07) is 2.01. The number of nitrogens with one attached hydrogen (secondary N) is 1. The summed E-state index contributed by atoms with van der Waals surface area (Å²) in [4.78, 5) is 43.6. The molecule has 1 N–H and O–H groups in total. The van der Waals surface area contributed by atoms with Crippen LogP contribution in [0, 0.1) is 29.6 Å². The van der Waals surface area contributed by atoms with Crippen molar-refractivity contribution in [1.82, 2.24) is 20.3 Å². The number of rotatable bonds is 4. The van der Waals surface area contributed by atoms with Gasteiger partial charge in [-0.2, -0.15) is 0 Å². The number of nitrogens with zero attached hydrogens (tertiary/aromatic N) is 3. The van der Waals surface area contributed by atoms with E-state index in [0.717, 1.165) is 44.3 Å². The lowest BCUT2D eigenvalue weighted by Gasteiger charge is -2.51. The molecule has 3 aliphatic rings. The predicted octanol–water partition coefficient (Wildman–Crippen LogP) is 4.29. The Morgan fingerprint density at radius 3 is 2.65 bits per heavy atom. The number of carbonyl (C=O) groups is 3. The lowest BCUT2D eigenvalue weighted by Crippen LogP contribution is -2.60. The van der Waals surface area contributed by atoms with Crippen LogP contribution < -0.4 is 5.32 Å². The van der Waals surface area contributed by atoms with E-state index in [-0.39, 0.29) is 47.6 Å². The molecule has 3 saturated heterocycles. The van der Waals surface area contributed by atoms with Gasteiger partial charge in [0, 0.05) is 57.0 Å². The maximum absolute atomic E-state index is 13.5. The second-order valence-corrected chi connectivity index (χ2v) is 12.7. The Morgan fingerprint density at radius 2 is 1.92 bits per heavy atom. The first-order valence-corrected chi connectivity index (χ1v) is 14.4. The van der Waals surface area contributed by atoms with E-state index in [4.69, 9.17) is 4.52 Å². The largest absolute Gasteiger partial charge is 0.361 e. The third kappa shape index (κ3) is 6.94. The number of aromatic nitrogens is 1. The van der Waals surface area contributed by atoms with Crippen LogP contribution in [0.1, 0.15) is 95.8 Å². The lowest BCUT2D eigenvalue weighted by atomic mass is 9.77. The highest BCUT2D eigenvalue weighted by atomic mass is 16.5. The van der Waals surface area contributed by atoms with E-state index >= 15 is 0 Å². The van der Waals surface area contributed by atoms with E-state index in [1.165, 1.54) is 0 Å². The fourth-order valence-electron chi connectivity index (χ4n) is 6.55. The van der Waals surface area contributed by atoms with Crippen molar-refractivity contribution in [2.75, 3.05) is 19.6 Å². The fourth-order valence-corrected chi connectivity index (χ4v) is 6.55. The predicted molar refractivity (Wildman–Crippen MR) is 142 cm³/mol. The summed E-state index contributed by atoms with van der Waals surface area (Å²) in [6.45, 7) is 12.6. The van der Waals surface area contributed by atoms with Gasteiger partial charge in [-0.15, -0.1) is 0 Å². The molecule has 4 heterocycles. The summed E-state index contributed by atoms with van der Waals surface area (Å²) in [5.41, 5.74) is 0.378. The molecule has 1 aromatic rings. The van der Waals surface area contributed by atoms with E-state index in [9.17, 15) is 14.4 Å². The van der Waals surface area contributed by atoms with E-state index in [1.54, 1.807) is 6.07 Å². The van der Waals surface area contributed by atoms with Gasteiger partial charge in [0.1, 0.15) is 5.76 Å². The van der Waals surface area contributed by atoms with Crippen molar-refractivity contribution >= 4 is 17.7 Å². The summed E-state index contributed by atoms with van der Waals surface area (Å²) in [7, 11) is 0. The van der Waals surface area contributed by atoms with E-state index in [1.807, 2.05) is 4.90 Å². The van der Waals surface area contributed by atoms with Crippen molar-refractivity contribution in [3.63, 3.8) is 0 Å². The van der Waals surface area contributed by atoms with E-state index in [2.05, 4.69) is 50.0 Å². The van der Waals surface area contributed by atoms with Crippen LogP contribution in [-0.2, 0) is 16.0 Å². The topological polar surface area (TPSA) is 95.8 Å². The van der Waals surface area contributed by atoms with Crippen molar-refractivity contribution in [3.8, 4) is 0 Å². The molecule has 0 aliphatic carbocycles. The molecular formula is C29H46N4O4. The zero-order valence-electron chi connectivity index (χ0n) is 23.4. The van der Waals surface area contributed by atoms with Crippen molar-refractivity contribution in [2.24, 2.45) is 29.6 Å². The van der Waals surface area contributed by atoms with Crippen LogP contribution >= 0.6 is 0 Å². The van der Waals surface area contributed by atoms with Crippen LogP contribution in [0.15, 0.2) is 10.6 Å². The van der Waals surface area contributed by atoms with Crippen LogP contribution in [0.25, 0.3) is 0 Å². The Morgan fingerprint density at radius 1 is 1.14 bits per heavy atom. The molecule has 0 unspecified atom stereocenters. The highest BCUT2D eigenvalue weighted by molar-refractivity contribution is 5.92. The van der Waals surface area contributed by atoms with Crippen LogP contribution in [0.2, 0.25) is 0 Å². The molecule has 0 radical (unpaired) electrons. The van der Waals surface area contributed by atoms with Gasteiger partial charge in [-0.1, -0.05) is 39.8 Å². The smallest absolute Gasteiger partial charge is 0.276 e. The van der Waals surface area contributed by atoms with Gasteiger partial charge in [-0.05, 0) is 61.7 Å². The zero-order valence-corrected chi connectivity index (χ0v) is 23.4. The van der Waals surface area contributed by atoms with Gasteiger partial charge < -0.3 is 19.6 Å². The second-order valence-electron chi connectivity index (χ2n) is 12.7. The molecule has 3 fully saturated rings. The molecule has 206 valence electrons. The maximum atomic E-state index is 13.5. The molecule has 37 heavy (non-hydrogen) atoms. The van der Waals surface area contributed by atoms with E-state index in [0.29, 0.717) is 50.0 Å². The van der Waals surface area contributed by atoms with Gasteiger partial charge in [-0.3, -0.25) is 14.4 Å². The Bertz CT molecular complexity index is 957. The van der Waals surface area contributed by atoms with Gasteiger partial charge in [0.2, 0.25) is 11.8 Å². The molecule has 0 aromatic carbocycles. The number of piperidine rings is 2. The van der Waals surface area contributed by atoms with Crippen molar-refractivity contribution in [1.29, 1.82) is 0 Å². The van der Waals surface area contributed by atoms with Crippen LogP contribution in [0.3, 0.4) is 0 Å². The van der Waals surface area contributed by atoms with Gasteiger partial charge in [0.05, 0.1) is 0 Å². The van der Waals surface area contributed by atoms with Gasteiger partial charge in [0.15, 0.2) is 5.69 Å². The van der Waals surface area contributed by atoms with Gasteiger partial charge >= 0.3 is 0 Å². The number of carbonyl (C=O) groups excluding carboxylic acids is 3. The normalized spacial score (nSPS) is 29.9. The number of likely N-dealkylation sites (tertiary alicyclic amines) is 1. The van der Waals surface area contributed by atoms with Crippen molar-refractivity contribution in [3.05, 3.63) is 17.5 Å². The van der Waals surface area contributed by atoms with Crippen LogP contribution in [0.4, 0.5) is 0 Å². The van der Waals surface area contributed by atoms with Gasteiger partial charge in [0.25, 0.3) is 5.91 Å². The quantitative estimate of drug-likeness (QED) is 0.647. The standard InChI is InChI=1S/C29H46N4O4/c1-18(2)11-23-14-25(31-37-23)29(36)32-15-21-13-22(17-32)26-7-6-8-27(34)30-24(19(3)4)10-9-20(5)12-28(35)33(26)16-21/h14,18-22,24,26H,6-13,15-17H2,1-5H3,(H,30,34)/t20-,21+,22-,24+,26+/m1/s1. The summed E-state index contributed by atoms with van der Waals surface area (Å²) in [5, 5.41) is 7.32. The molecule has 2 bridgehead atoms. The minimum absolute atomic E-state index is 0.0646.